The monoisotopic (exact) mass is 261 g/mol. The molecule has 1 aromatic rings. The Hall–Kier alpha value is -0.900. The number of nitrogens with two attached hydrogens (primary N) is 1. The Labute approximate surface area is 117 Å². The van der Waals surface area contributed by atoms with Crippen LogP contribution in [0.15, 0.2) is 30.3 Å². The van der Waals surface area contributed by atoms with Crippen LogP contribution in [0, 0.1) is 0 Å². The van der Waals surface area contributed by atoms with Gasteiger partial charge < -0.3 is 11.1 Å². The van der Waals surface area contributed by atoms with Crippen molar-refractivity contribution in [2.24, 2.45) is 5.73 Å². The Balaban J connectivity index is 1.97. The van der Waals surface area contributed by atoms with Crippen LogP contribution in [-0.2, 0) is 0 Å². The molecule has 106 valence electrons. The quantitative estimate of drug-likeness (QED) is 0.790. The van der Waals surface area contributed by atoms with Crippen molar-refractivity contribution in [3.8, 4) is 0 Å². The molecule has 1 aliphatic rings. The van der Waals surface area contributed by atoms with Gasteiger partial charge in [-0.15, -0.1) is 0 Å². The van der Waals surface area contributed by atoms with Gasteiger partial charge >= 0.3 is 0 Å². The highest BCUT2D eigenvalue weighted by Crippen LogP contribution is 2.22. The van der Waals surface area contributed by atoms with Crippen LogP contribution in [0.3, 0.4) is 0 Å². The molecule has 0 spiro atoms. The van der Waals surface area contributed by atoms with E-state index >= 15 is 0 Å². The van der Waals surface area contributed by atoms with Crippen molar-refractivity contribution in [3.63, 3.8) is 0 Å². The van der Waals surface area contributed by atoms with E-state index in [4.69, 9.17) is 5.73 Å². The zero-order valence-electron chi connectivity index (χ0n) is 12.2. The first-order chi connectivity index (χ1) is 9.24. The fourth-order valence-electron chi connectivity index (χ4n) is 2.90. The van der Waals surface area contributed by atoms with Gasteiger partial charge in [0, 0.05) is 24.7 Å². The molecule has 2 rings (SSSR count). The molecule has 3 nitrogen and oxygen atoms in total. The molecule has 1 fully saturated rings. The molecule has 0 bridgehead atoms. The highest BCUT2D eigenvalue weighted by Gasteiger charge is 2.27. The Morgan fingerprint density at radius 3 is 2.37 bits per heavy atom. The molecule has 1 atom stereocenters. The van der Waals surface area contributed by atoms with Gasteiger partial charge in [-0.25, -0.2) is 0 Å². The molecule has 1 aliphatic carbocycles. The van der Waals surface area contributed by atoms with E-state index in [1.165, 1.54) is 5.56 Å². The van der Waals surface area contributed by atoms with E-state index in [0.29, 0.717) is 18.1 Å². The number of rotatable bonds is 7. The predicted octanol–water partition coefficient (Wildman–Crippen LogP) is 2.15. The standard InChI is InChI=1S/C16H27N3/c1-3-19(4-2)16(13-8-6-5-7-9-13)12-18-15-10-14(17)11-15/h5-9,14-16,18H,3-4,10-12,17H2,1-2H3. The highest BCUT2D eigenvalue weighted by molar-refractivity contribution is 5.19. The van der Waals surface area contributed by atoms with E-state index in [0.717, 1.165) is 32.5 Å². The van der Waals surface area contributed by atoms with E-state index < -0.39 is 0 Å². The summed E-state index contributed by atoms with van der Waals surface area (Å²) < 4.78 is 0. The molecule has 0 aliphatic heterocycles. The number of hydrogen-bond acceptors (Lipinski definition) is 3. The second-order valence-corrected chi connectivity index (χ2v) is 5.48. The SMILES string of the molecule is CCN(CC)C(CNC1CC(N)C1)c1ccccc1. The first kappa shape index (κ1) is 14.5. The first-order valence-electron chi connectivity index (χ1n) is 7.52. The molecule has 3 N–H and O–H groups in total. The average Bonchev–Trinajstić information content (AvgIpc) is 2.42. The summed E-state index contributed by atoms with van der Waals surface area (Å²) in [5.41, 5.74) is 7.25. The summed E-state index contributed by atoms with van der Waals surface area (Å²) in [7, 11) is 0. The van der Waals surface area contributed by atoms with E-state index in [2.05, 4.69) is 54.4 Å². The number of nitrogens with zero attached hydrogens (tertiary/aromatic N) is 1. The third-order valence-corrected chi connectivity index (χ3v) is 4.21. The van der Waals surface area contributed by atoms with Crippen molar-refractivity contribution in [3.05, 3.63) is 35.9 Å². The average molecular weight is 261 g/mol. The maximum atomic E-state index is 5.85. The number of nitrogens with one attached hydrogen (secondary N) is 1. The van der Waals surface area contributed by atoms with Gasteiger partial charge in [-0.3, -0.25) is 4.90 Å². The van der Waals surface area contributed by atoms with Crippen LogP contribution in [-0.4, -0.2) is 36.6 Å². The molecule has 0 saturated heterocycles. The minimum absolute atomic E-state index is 0.418. The van der Waals surface area contributed by atoms with Crippen LogP contribution < -0.4 is 11.1 Å². The van der Waals surface area contributed by atoms with Crippen molar-refractivity contribution in [1.82, 2.24) is 10.2 Å². The van der Waals surface area contributed by atoms with Gasteiger partial charge in [-0.2, -0.15) is 0 Å². The van der Waals surface area contributed by atoms with Crippen molar-refractivity contribution in [2.45, 2.75) is 44.8 Å². The van der Waals surface area contributed by atoms with Gasteiger partial charge in [0.25, 0.3) is 0 Å². The second kappa shape index (κ2) is 7.04. The zero-order chi connectivity index (χ0) is 13.7. The van der Waals surface area contributed by atoms with Gasteiger partial charge in [-0.1, -0.05) is 44.2 Å². The smallest absolute Gasteiger partial charge is 0.0472 e. The molecular weight excluding hydrogens is 234 g/mol. The van der Waals surface area contributed by atoms with E-state index in [-0.39, 0.29) is 0 Å². The minimum atomic E-state index is 0.418. The molecule has 19 heavy (non-hydrogen) atoms. The van der Waals surface area contributed by atoms with E-state index in [9.17, 15) is 0 Å². The van der Waals surface area contributed by atoms with Gasteiger partial charge in [-0.05, 0) is 31.5 Å². The summed E-state index contributed by atoms with van der Waals surface area (Å²) in [6, 6.07) is 12.3. The van der Waals surface area contributed by atoms with Crippen LogP contribution in [0.5, 0.6) is 0 Å². The van der Waals surface area contributed by atoms with Crippen LogP contribution >= 0.6 is 0 Å². The molecule has 1 aromatic carbocycles. The van der Waals surface area contributed by atoms with Crippen LogP contribution in [0.25, 0.3) is 0 Å². The van der Waals surface area contributed by atoms with Crippen molar-refractivity contribution < 1.29 is 0 Å². The molecule has 3 heteroatoms. The van der Waals surface area contributed by atoms with Gasteiger partial charge in [0.2, 0.25) is 0 Å². The van der Waals surface area contributed by atoms with Crippen LogP contribution in [0.1, 0.15) is 38.3 Å². The number of likely N-dealkylation sites (N-methyl/N-ethyl adjacent to an activating group) is 1. The number of benzene rings is 1. The molecule has 0 radical (unpaired) electrons. The van der Waals surface area contributed by atoms with Gasteiger partial charge in [0.15, 0.2) is 0 Å². The maximum Gasteiger partial charge on any atom is 0.0472 e. The zero-order valence-corrected chi connectivity index (χ0v) is 12.2. The van der Waals surface area contributed by atoms with Crippen molar-refractivity contribution in [1.29, 1.82) is 0 Å². The third-order valence-electron chi connectivity index (χ3n) is 4.21. The molecular formula is C16H27N3. The summed E-state index contributed by atoms with van der Waals surface area (Å²) in [6.07, 6.45) is 2.25. The summed E-state index contributed by atoms with van der Waals surface area (Å²) in [5, 5.41) is 3.68. The molecule has 0 heterocycles. The van der Waals surface area contributed by atoms with Crippen LogP contribution in [0.2, 0.25) is 0 Å². The highest BCUT2D eigenvalue weighted by atomic mass is 15.2. The Bertz CT molecular complexity index is 356. The Morgan fingerprint density at radius 2 is 1.84 bits per heavy atom. The number of hydrogen-bond donors (Lipinski definition) is 2. The fourth-order valence-corrected chi connectivity index (χ4v) is 2.90. The van der Waals surface area contributed by atoms with Crippen molar-refractivity contribution >= 4 is 0 Å². The van der Waals surface area contributed by atoms with Gasteiger partial charge in [0.05, 0.1) is 0 Å². The van der Waals surface area contributed by atoms with E-state index in [1.807, 2.05) is 0 Å². The summed E-state index contributed by atoms with van der Waals surface area (Å²) in [6.45, 7) is 7.66. The second-order valence-electron chi connectivity index (χ2n) is 5.48. The Kier molecular flexibility index (Phi) is 5.37. The largest absolute Gasteiger partial charge is 0.328 e. The van der Waals surface area contributed by atoms with Gasteiger partial charge in [0.1, 0.15) is 0 Å². The fraction of sp³-hybridized carbons (Fsp3) is 0.625. The first-order valence-corrected chi connectivity index (χ1v) is 7.52. The lowest BCUT2D eigenvalue weighted by molar-refractivity contribution is 0.192. The molecule has 1 unspecified atom stereocenters. The molecule has 1 saturated carbocycles. The van der Waals surface area contributed by atoms with Crippen LogP contribution in [0.4, 0.5) is 0 Å². The topological polar surface area (TPSA) is 41.3 Å². The third kappa shape index (κ3) is 3.78. The van der Waals surface area contributed by atoms with Crippen molar-refractivity contribution in [2.75, 3.05) is 19.6 Å². The lowest BCUT2D eigenvalue weighted by atomic mass is 9.87. The summed E-state index contributed by atoms with van der Waals surface area (Å²) >= 11 is 0. The lowest BCUT2D eigenvalue weighted by Crippen LogP contribution is -2.50. The Morgan fingerprint density at radius 1 is 1.21 bits per heavy atom. The predicted molar refractivity (Wildman–Crippen MR) is 81.1 cm³/mol. The normalized spacial score (nSPS) is 24.2. The summed E-state index contributed by atoms with van der Waals surface area (Å²) in [4.78, 5) is 2.51. The minimum Gasteiger partial charge on any atom is -0.328 e. The maximum absolute atomic E-state index is 5.85. The van der Waals surface area contributed by atoms with E-state index in [1.54, 1.807) is 0 Å². The summed E-state index contributed by atoms with van der Waals surface area (Å²) in [5.74, 6) is 0. The lowest BCUT2D eigenvalue weighted by Gasteiger charge is -2.37. The molecule has 0 aromatic heterocycles. The molecule has 0 amide bonds.